The quantitative estimate of drug-likeness (QED) is 0.494. The molecule has 1 heterocycles. The molecule has 32 heavy (non-hydrogen) atoms. The summed E-state index contributed by atoms with van der Waals surface area (Å²) in [7, 11) is 1.48. The lowest BCUT2D eigenvalue weighted by molar-refractivity contribution is -0.113. The number of methoxy groups -OCH3 is 1. The second-order valence-electron chi connectivity index (χ2n) is 6.80. The average molecular weight is 452 g/mol. The number of benzene rings is 3. The summed E-state index contributed by atoms with van der Waals surface area (Å²) in [6.45, 7) is 0.0343. The molecule has 1 N–H and O–H groups in total. The van der Waals surface area contributed by atoms with Gasteiger partial charge in [-0.2, -0.15) is 0 Å². The lowest BCUT2D eigenvalue weighted by Crippen LogP contribution is -2.28. The molecule has 162 valence electrons. The molecule has 1 saturated heterocycles. The average Bonchev–Trinajstić information content (AvgIpc) is 3.06. The lowest BCUT2D eigenvalue weighted by atomic mass is 10.1. The van der Waals surface area contributed by atoms with E-state index < -0.39 is 11.7 Å². The molecule has 1 fully saturated rings. The van der Waals surface area contributed by atoms with Gasteiger partial charge in [0.1, 0.15) is 18.2 Å². The Morgan fingerprint density at radius 1 is 1.00 bits per heavy atom. The molecule has 0 unspecified atom stereocenters. The Balaban J connectivity index is 1.55. The van der Waals surface area contributed by atoms with E-state index in [1.807, 2.05) is 0 Å². The van der Waals surface area contributed by atoms with Crippen molar-refractivity contribution in [3.63, 3.8) is 0 Å². The molecular weight excluding hydrogens is 434 g/mol. The zero-order chi connectivity index (χ0) is 22.7. The van der Waals surface area contributed by atoms with Gasteiger partial charge in [-0.05, 0) is 53.7 Å². The number of hydrogen-bond donors (Lipinski definition) is 1. The first-order chi connectivity index (χ1) is 15.5. The molecule has 8 heteroatoms. The Bertz CT molecular complexity index is 1230. The molecule has 0 aromatic heterocycles. The first kappa shape index (κ1) is 21.6. The van der Waals surface area contributed by atoms with E-state index >= 15 is 0 Å². The number of nitrogens with zero attached hydrogens (tertiary/aromatic N) is 1. The minimum atomic E-state index is -0.578. The number of carbonyl (C=O) groups excluding carboxylic acids is 1. The van der Waals surface area contributed by atoms with Gasteiger partial charge in [0.2, 0.25) is 0 Å². The number of para-hydroxylation sites is 1. The van der Waals surface area contributed by atoms with Crippen molar-refractivity contribution in [1.82, 2.24) is 0 Å². The molecule has 0 saturated carbocycles. The summed E-state index contributed by atoms with van der Waals surface area (Å²) in [6, 6.07) is 17.2. The number of nitrogens with one attached hydrogen (secondary N) is 1. The van der Waals surface area contributed by atoms with E-state index in [-0.39, 0.29) is 28.2 Å². The fraction of sp³-hybridized carbons (Fsp3) is 0.0833. The first-order valence-electron chi connectivity index (χ1n) is 9.59. The van der Waals surface area contributed by atoms with Crippen LogP contribution in [0.25, 0.3) is 6.08 Å². The van der Waals surface area contributed by atoms with Crippen LogP contribution < -0.4 is 14.4 Å². The molecule has 4 rings (SSSR count). The maximum absolute atomic E-state index is 14.1. The molecule has 3 aromatic carbocycles. The van der Waals surface area contributed by atoms with Crippen molar-refractivity contribution in [2.24, 2.45) is 0 Å². The van der Waals surface area contributed by atoms with Gasteiger partial charge in [-0.25, -0.2) is 8.78 Å². The number of ether oxygens (including phenoxy) is 2. The molecule has 0 aliphatic carbocycles. The highest BCUT2D eigenvalue weighted by atomic mass is 32.2. The zero-order valence-electron chi connectivity index (χ0n) is 17.0. The van der Waals surface area contributed by atoms with Gasteiger partial charge < -0.3 is 9.47 Å². The molecule has 3 aromatic rings. The lowest BCUT2D eigenvalue weighted by Gasteiger charge is -2.14. The Morgan fingerprint density at radius 2 is 1.72 bits per heavy atom. The first-order valence-corrected chi connectivity index (χ1v) is 10.4. The summed E-state index contributed by atoms with van der Waals surface area (Å²) in [5.74, 6) is -0.586. The van der Waals surface area contributed by atoms with Crippen LogP contribution in [-0.2, 0) is 11.4 Å². The standard InChI is InChI=1S/C24H18F2N2O3S/c1-30-21-12-15(10-11-20(21)31-14-16-6-2-3-7-17(16)25)13-22-23(29)28(24(27)32-22)19-9-5-4-8-18(19)26/h2-13,27H,14H2,1H3/b22-13-,27-24?. The minimum absolute atomic E-state index is 0.0343. The monoisotopic (exact) mass is 452 g/mol. The molecule has 1 aliphatic heterocycles. The third kappa shape index (κ3) is 4.36. The van der Waals surface area contributed by atoms with Crippen LogP contribution in [0.1, 0.15) is 11.1 Å². The van der Waals surface area contributed by atoms with Crippen molar-refractivity contribution in [2.75, 3.05) is 12.0 Å². The number of halogens is 2. The molecule has 0 spiro atoms. The minimum Gasteiger partial charge on any atom is -0.493 e. The van der Waals surface area contributed by atoms with E-state index in [4.69, 9.17) is 14.9 Å². The molecule has 0 atom stereocenters. The van der Waals surface area contributed by atoms with Crippen molar-refractivity contribution < 1.29 is 23.0 Å². The zero-order valence-corrected chi connectivity index (χ0v) is 17.8. The van der Waals surface area contributed by atoms with E-state index in [2.05, 4.69) is 0 Å². The van der Waals surface area contributed by atoms with E-state index in [0.717, 1.165) is 16.7 Å². The Hall–Kier alpha value is -3.65. The third-order valence-corrected chi connectivity index (χ3v) is 5.63. The van der Waals surface area contributed by atoms with Gasteiger partial charge in [0, 0.05) is 5.56 Å². The van der Waals surface area contributed by atoms with Gasteiger partial charge in [-0.3, -0.25) is 15.1 Å². The highest BCUT2D eigenvalue weighted by molar-refractivity contribution is 8.19. The molecular formula is C24H18F2N2O3S. The van der Waals surface area contributed by atoms with Crippen molar-refractivity contribution in [2.45, 2.75) is 6.61 Å². The second-order valence-corrected chi connectivity index (χ2v) is 7.83. The van der Waals surface area contributed by atoms with Gasteiger partial charge in [0.25, 0.3) is 5.91 Å². The molecule has 0 bridgehead atoms. The van der Waals surface area contributed by atoms with Crippen molar-refractivity contribution in [1.29, 1.82) is 5.41 Å². The van der Waals surface area contributed by atoms with E-state index in [1.165, 1.54) is 31.4 Å². The summed E-state index contributed by atoms with van der Waals surface area (Å²) in [6.07, 6.45) is 1.60. The van der Waals surface area contributed by atoms with Gasteiger partial charge in [-0.1, -0.05) is 36.4 Å². The number of amidine groups is 1. The van der Waals surface area contributed by atoms with Crippen molar-refractivity contribution in [3.05, 3.63) is 94.4 Å². The van der Waals surface area contributed by atoms with Gasteiger partial charge in [0.05, 0.1) is 17.7 Å². The number of amides is 1. The van der Waals surface area contributed by atoms with Crippen LogP contribution in [0.2, 0.25) is 0 Å². The molecule has 1 amide bonds. The summed E-state index contributed by atoms with van der Waals surface area (Å²) < 4.78 is 39.0. The van der Waals surface area contributed by atoms with Crippen molar-refractivity contribution >= 4 is 34.6 Å². The molecule has 0 radical (unpaired) electrons. The SMILES string of the molecule is COc1cc(/C=C2\SC(=N)N(c3ccccc3F)C2=O)ccc1OCc1ccccc1F. The van der Waals surface area contributed by atoms with Crippen LogP contribution in [0, 0.1) is 17.0 Å². The Morgan fingerprint density at radius 3 is 2.44 bits per heavy atom. The van der Waals surface area contributed by atoms with Crippen LogP contribution in [0.15, 0.2) is 71.6 Å². The maximum atomic E-state index is 14.1. The highest BCUT2D eigenvalue weighted by Gasteiger charge is 2.34. The molecule has 5 nitrogen and oxygen atoms in total. The molecule has 1 aliphatic rings. The summed E-state index contributed by atoms with van der Waals surface area (Å²) in [4.78, 5) is 14.1. The van der Waals surface area contributed by atoms with Crippen LogP contribution in [0.4, 0.5) is 14.5 Å². The van der Waals surface area contributed by atoms with Gasteiger partial charge >= 0.3 is 0 Å². The number of anilines is 1. The Labute approximate surface area is 187 Å². The van der Waals surface area contributed by atoms with Gasteiger partial charge in [0.15, 0.2) is 16.7 Å². The summed E-state index contributed by atoms with van der Waals surface area (Å²) >= 11 is 0.947. The maximum Gasteiger partial charge on any atom is 0.271 e. The highest BCUT2D eigenvalue weighted by Crippen LogP contribution is 2.37. The topological polar surface area (TPSA) is 62.6 Å². The van der Waals surface area contributed by atoms with Crippen molar-refractivity contribution in [3.8, 4) is 11.5 Å². The smallest absolute Gasteiger partial charge is 0.271 e. The number of carbonyl (C=O) groups is 1. The van der Waals surface area contributed by atoms with Crippen LogP contribution in [0.3, 0.4) is 0 Å². The Kier molecular flexibility index (Phi) is 6.23. The van der Waals surface area contributed by atoms with Crippen LogP contribution >= 0.6 is 11.8 Å². The van der Waals surface area contributed by atoms with E-state index in [1.54, 1.807) is 48.5 Å². The van der Waals surface area contributed by atoms with Crippen LogP contribution in [-0.4, -0.2) is 18.2 Å². The fourth-order valence-electron chi connectivity index (χ4n) is 3.15. The number of rotatable bonds is 6. The van der Waals surface area contributed by atoms with Crippen LogP contribution in [0.5, 0.6) is 11.5 Å². The van der Waals surface area contributed by atoms with Gasteiger partial charge in [-0.15, -0.1) is 0 Å². The summed E-state index contributed by atoms with van der Waals surface area (Å²) in [5, 5.41) is 8.04. The predicted molar refractivity (Wildman–Crippen MR) is 121 cm³/mol. The normalized spacial score (nSPS) is 14.8. The number of thioether (sulfide) groups is 1. The fourth-order valence-corrected chi connectivity index (χ4v) is 4.01. The summed E-state index contributed by atoms with van der Waals surface area (Å²) in [5.41, 5.74) is 1.09. The third-order valence-electron chi connectivity index (χ3n) is 4.74. The second kappa shape index (κ2) is 9.23. The predicted octanol–water partition coefficient (Wildman–Crippen LogP) is 5.61. The van der Waals surface area contributed by atoms with E-state index in [9.17, 15) is 13.6 Å². The number of hydrogen-bond acceptors (Lipinski definition) is 5. The van der Waals surface area contributed by atoms with E-state index in [0.29, 0.717) is 22.6 Å². The largest absolute Gasteiger partial charge is 0.493 e.